The normalized spacial score (nSPS) is 18.1. The zero-order valence-corrected chi connectivity index (χ0v) is 21.9. The van der Waals surface area contributed by atoms with E-state index in [0.29, 0.717) is 18.6 Å². The zero-order valence-electron chi connectivity index (χ0n) is 21.9. The summed E-state index contributed by atoms with van der Waals surface area (Å²) in [7, 11) is 0. The van der Waals surface area contributed by atoms with Crippen molar-refractivity contribution in [2.75, 3.05) is 18.5 Å². The van der Waals surface area contributed by atoms with Gasteiger partial charge in [0.25, 0.3) is 5.91 Å². The number of hydrogen-bond donors (Lipinski definition) is 1. The van der Waals surface area contributed by atoms with Gasteiger partial charge in [0.05, 0.1) is 0 Å². The van der Waals surface area contributed by atoms with Crippen molar-refractivity contribution >= 4 is 23.2 Å². The van der Waals surface area contributed by atoms with Gasteiger partial charge in [0.2, 0.25) is 0 Å². The molecule has 3 aliphatic rings. The molecule has 0 spiro atoms. The lowest BCUT2D eigenvalue weighted by atomic mass is 9.71. The van der Waals surface area contributed by atoms with Gasteiger partial charge in [-0.15, -0.1) is 0 Å². The predicted octanol–water partition coefficient (Wildman–Crippen LogP) is 5.75. The Morgan fingerprint density at radius 3 is 2.24 bits per heavy atom. The van der Waals surface area contributed by atoms with Crippen LogP contribution in [0.3, 0.4) is 0 Å². The van der Waals surface area contributed by atoms with Crippen molar-refractivity contribution in [3.8, 4) is 5.75 Å². The van der Waals surface area contributed by atoms with Gasteiger partial charge in [-0.3, -0.25) is 14.4 Å². The van der Waals surface area contributed by atoms with Crippen LogP contribution in [0.1, 0.15) is 68.1 Å². The van der Waals surface area contributed by atoms with Crippen LogP contribution in [0.5, 0.6) is 5.75 Å². The van der Waals surface area contributed by atoms with Crippen molar-refractivity contribution in [3.05, 3.63) is 81.7 Å². The van der Waals surface area contributed by atoms with Crippen molar-refractivity contribution in [2.45, 2.75) is 65.2 Å². The molecule has 2 aromatic carbocycles. The molecule has 192 valence electrons. The van der Waals surface area contributed by atoms with E-state index in [9.17, 15) is 14.4 Å². The van der Waals surface area contributed by atoms with E-state index in [1.807, 2.05) is 56.3 Å². The number of amides is 1. The minimum Gasteiger partial charge on any atom is -0.484 e. The minimum absolute atomic E-state index is 0.133. The molecule has 1 aliphatic heterocycles. The maximum atomic E-state index is 13.3. The Balaban J connectivity index is 1.42. The fourth-order valence-corrected chi connectivity index (χ4v) is 6.00. The third kappa shape index (κ3) is 4.85. The van der Waals surface area contributed by atoms with Gasteiger partial charge in [0.15, 0.2) is 18.2 Å². The zero-order chi connectivity index (χ0) is 26.1. The van der Waals surface area contributed by atoms with Crippen molar-refractivity contribution in [1.29, 1.82) is 0 Å². The number of anilines is 1. The third-order valence-electron chi connectivity index (χ3n) is 7.62. The molecule has 0 bridgehead atoms. The number of benzene rings is 2. The largest absolute Gasteiger partial charge is 0.484 e. The Labute approximate surface area is 218 Å². The van der Waals surface area contributed by atoms with Gasteiger partial charge in [0.1, 0.15) is 5.75 Å². The van der Waals surface area contributed by atoms with Crippen LogP contribution in [-0.2, 0) is 14.4 Å². The summed E-state index contributed by atoms with van der Waals surface area (Å²) in [5, 5.41) is 2.91. The van der Waals surface area contributed by atoms with E-state index in [4.69, 9.17) is 4.74 Å². The highest BCUT2D eigenvalue weighted by molar-refractivity contribution is 6.06. The summed E-state index contributed by atoms with van der Waals surface area (Å²) in [6, 6.07) is 13.4. The average Bonchev–Trinajstić information content (AvgIpc) is 2.88. The summed E-state index contributed by atoms with van der Waals surface area (Å²) < 4.78 is 5.88. The highest BCUT2D eigenvalue weighted by Gasteiger charge is 2.42. The molecule has 0 saturated carbocycles. The molecular weight excluding hydrogens is 464 g/mol. The molecule has 0 atom stereocenters. The molecule has 0 saturated heterocycles. The first-order valence-corrected chi connectivity index (χ1v) is 13.3. The summed E-state index contributed by atoms with van der Waals surface area (Å²) in [6.07, 6.45) is 4.42. The van der Waals surface area contributed by atoms with E-state index in [0.717, 1.165) is 77.1 Å². The average molecular weight is 499 g/mol. The number of carbonyl (C=O) groups excluding carboxylic acids is 3. The summed E-state index contributed by atoms with van der Waals surface area (Å²) in [4.78, 5) is 41.4. The topological polar surface area (TPSA) is 75.7 Å². The maximum absolute atomic E-state index is 13.3. The molecule has 0 fully saturated rings. The lowest BCUT2D eigenvalue weighted by molar-refractivity contribution is -0.118. The summed E-state index contributed by atoms with van der Waals surface area (Å²) >= 11 is 0. The number of nitrogens with zero attached hydrogens (tertiary/aromatic N) is 1. The van der Waals surface area contributed by atoms with Crippen LogP contribution in [0.25, 0.3) is 0 Å². The molecular formula is C31H34N2O4. The van der Waals surface area contributed by atoms with Crippen LogP contribution >= 0.6 is 0 Å². The first-order valence-electron chi connectivity index (χ1n) is 13.3. The molecule has 2 aliphatic carbocycles. The van der Waals surface area contributed by atoms with E-state index in [1.54, 1.807) is 0 Å². The third-order valence-corrected chi connectivity index (χ3v) is 7.62. The second-order valence-corrected chi connectivity index (χ2v) is 10.2. The summed E-state index contributed by atoms with van der Waals surface area (Å²) in [5.74, 6) is 0.194. The van der Waals surface area contributed by atoms with Gasteiger partial charge < -0.3 is 15.0 Å². The molecule has 1 heterocycles. The van der Waals surface area contributed by atoms with Gasteiger partial charge in [0, 0.05) is 53.5 Å². The monoisotopic (exact) mass is 498 g/mol. The van der Waals surface area contributed by atoms with E-state index in [1.165, 1.54) is 0 Å². The Kier molecular flexibility index (Phi) is 7.00. The van der Waals surface area contributed by atoms with Crippen LogP contribution in [0.2, 0.25) is 0 Å². The second kappa shape index (κ2) is 10.4. The lowest BCUT2D eigenvalue weighted by Crippen LogP contribution is -2.39. The molecule has 2 aromatic rings. The number of ketones is 2. The van der Waals surface area contributed by atoms with E-state index >= 15 is 0 Å². The highest BCUT2D eigenvalue weighted by atomic mass is 16.5. The number of allylic oxidation sites excluding steroid dienone is 4. The van der Waals surface area contributed by atoms with Crippen LogP contribution < -0.4 is 10.1 Å². The number of nitrogens with one attached hydrogen (secondary N) is 1. The molecule has 0 radical (unpaired) electrons. The summed E-state index contributed by atoms with van der Waals surface area (Å²) in [6.45, 7) is 6.68. The Morgan fingerprint density at radius 2 is 1.62 bits per heavy atom. The van der Waals surface area contributed by atoms with Gasteiger partial charge in [-0.25, -0.2) is 0 Å². The van der Waals surface area contributed by atoms with Crippen LogP contribution in [0.4, 0.5) is 5.69 Å². The molecule has 1 N–H and O–H groups in total. The quantitative estimate of drug-likeness (QED) is 0.549. The Morgan fingerprint density at radius 1 is 0.946 bits per heavy atom. The predicted molar refractivity (Wildman–Crippen MR) is 143 cm³/mol. The molecule has 6 heteroatoms. The first-order chi connectivity index (χ1) is 17.9. The number of hydrogen-bond acceptors (Lipinski definition) is 5. The molecule has 0 aromatic heterocycles. The van der Waals surface area contributed by atoms with Crippen LogP contribution in [0.15, 0.2) is 65.0 Å². The number of rotatable bonds is 6. The van der Waals surface area contributed by atoms with Gasteiger partial charge in [-0.05, 0) is 75.8 Å². The molecule has 5 rings (SSSR count). The SMILES string of the molecule is CCN1C2=C(C(=O)CCC2)C(c2cccc(OCC(=O)Nc3ccc(C)cc3C)c2)C2=C1CCCC2=O. The first kappa shape index (κ1) is 25.0. The Bertz CT molecular complexity index is 1290. The number of Topliss-reactive ketones (excluding diaryl/α,β-unsaturated/α-hetero) is 2. The molecule has 0 unspecified atom stereocenters. The van der Waals surface area contributed by atoms with Crippen molar-refractivity contribution < 1.29 is 19.1 Å². The standard InChI is InChI=1S/C31H34N2O4/c1-4-33-24-10-6-12-26(34)30(24)29(31-25(33)11-7-13-27(31)35)21-8-5-9-22(17-21)37-18-28(36)32-23-15-14-19(2)16-20(23)3/h5,8-9,14-17,29H,4,6-7,10-13,18H2,1-3H3,(H,32,36). The fraction of sp³-hybridized carbons (Fsp3) is 0.387. The van der Waals surface area contributed by atoms with E-state index < -0.39 is 0 Å². The lowest BCUT2D eigenvalue weighted by Gasteiger charge is -2.43. The minimum atomic E-state index is -0.374. The number of carbonyl (C=O) groups is 3. The van der Waals surface area contributed by atoms with Crippen LogP contribution in [0, 0.1) is 13.8 Å². The maximum Gasteiger partial charge on any atom is 0.262 e. The Hall–Kier alpha value is -3.67. The summed E-state index contributed by atoms with van der Waals surface area (Å²) in [5.41, 5.74) is 7.47. The second-order valence-electron chi connectivity index (χ2n) is 10.2. The van der Waals surface area contributed by atoms with Crippen molar-refractivity contribution in [2.24, 2.45) is 0 Å². The van der Waals surface area contributed by atoms with Gasteiger partial charge in [-0.1, -0.05) is 29.8 Å². The van der Waals surface area contributed by atoms with Gasteiger partial charge >= 0.3 is 0 Å². The molecule has 6 nitrogen and oxygen atoms in total. The van der Waals surface area contributed by atoms with Gasteiger partial charge in [-0.2, -0.15) is 0 Å². The van der Waals surface area contributed by atoms with Crippen molar-refractivity contribution in [3.63, 3.8) is 0 Å². The smallest absolute Gasteiger partial charge is 0.262 e. The van der Waals surface area contributed by atoms with Crippen molar-refractivity contribution in [1.82, 2.24) is 4.90 Å². The highest BCUT2D eigenvalue weighted by Crippen LogP contribution is 2.49. The van der Waals surface area contributed by atoms with E-state index in [-0.39, 0.29) is 30.0 Å². The number of ether oxygens (including phenoxy) is 1. The van der Waals surface area contributed by atoms with Crippen LogP contribution in [-0.4, -0.2) is 35.5 Å². The fourth-order valence-electron chi connectivity index (χ4n) is 6.00. The molecule has 1 amide bonds. The molecule has 37 heavy (non-hydrogen) atoms. The van der Waals surface area contributed by atoms with E-state index in [2.05, 4.69) is 17.1 Å². The number of aryl methyl sites for hydroxylation is 2.